The molecule has 4 nitrogen and oxygen atoms in total. The highest BCUT2D eigenvalue weighted by atomic mass is 16.5. The smallest absolute Gasteiger partial charge is 0.310 e. The Morgan fingerprint density at radius 2 is 2.21 bits per heavy atom. The standard InChI is InChI=1S/C10H16N2O2/c1-7-5-6-12(11-7)9(3)8(2)10(13)14-4/h5-6,8-9H,1-4H3. The van der Waals surface area contributed by atoms with Crippen molar-refractivity contribution >= 4 is 5.97 Å². The SMILES string of the molecule is COC(=O)C(C)C(C)n1ccc(C)n1. The molecule has 0 aromatic carbocycles. The summed E-state index contributed by atoms with van der Waals surface area (Å²) in [4.78, 5) is 11.3. The van der Waals surface area contributed by atoms with Crippen molar-refractivity contribution in [2.45, 2.75) is 26.8 Å². The Labute approximate surface area is 83.9 Å². The summed E-state index contributed by atoms with van der Waals surface area (Å²) in [6.45, 7) is 5.72. The number of methoxy groups -OCH3 is 1. The molecule has 78 valence electrons. The second-order valence-electron chi connectivity index (χ2n) is 3.49. The third-order valence-corrected chi connectivity index (χ3v) is 2.46. The van der Waals surface area contributed by atoms with E-state index in [1.54, 1.807) is 4.68 Å². The highest BCUT2D eigenvalue weighted by Gasteiger charge is 2.22. The van der Waals surface area contributed by atoms with Crippen LogP contribution in [0.15, 0.2) is 12.3 Å². The largest absolute Gasteiger partial charge is 0.469 e. The first-order chi connectivity index (χ1) is 6.56. The minimum absolute atomic E-state index is 0.0242. The molecule has 0 fully saturated rings. The molecule has 0 aliphatic rings. The Hall–Kier alpha value is -1.32. The van der Waals surface area contributed by atoms with E-state index < -0.39 is 0 Å². The number of carbonyl (C=O) groups is 1. The van der Waals surface area contributed by atoms with Gasteiger partial charge in [-0.3, -0.25) is 9.48 Å². The van der Waals surface area contributed by atoms with Gasteiger partial charge < -0.3 is 4.74 Å². The minimum Gasteiger partial charge on any atom is -0.469 e. The van der Waals surface area contributed by atoms with E-state index in [0.717, 1.165) is 5.69 Å². The highest BCUT2D eigenvalue weighted by Crippen LogP contribution is 2.17. The number of ether oxygens (including phenoxy) is 1. The van der Waals surface area contributed by atoms with Gasteiger partial charge in [0.1, 0.15) is 0 Å². The molecule has 2 unspecified atom stereocenters. The van der Waals surface area contributed by atoms with Crippen LogP contribution in [-0.2, 0) is 9.53 Å². The first-order valence-corrected chi connectivity index (χ1v) is 4.66. The van der Waals surface area contributed by atoms with E-state index in [1.165, 1.54) is 7.11 Å². The number of aryl methyl sites for hydroxylation is 1. The zero-order valence-electron chi connectivity index (χ0n) is 9.02. The molecule has 1 heterocycles. The van der Waals surface area contributed by atoms with E-state index >= 15 is 0 Å². The molecule has 0 amide bonds. The van der Waals surface area contributed by atoms with E-state index in [2.05, 4.69) is 9.84 Å². The minimum atomic E-state index is -0.203. The molecule has 0 aliphatic heterocycles. The van der Waals surface area contributed by atoms with Crippen LogP contribution in [0, 0.1) is 12.8 Å². The van der Waals surface area contributed by atoms with Crippen LogP contribution in [0.25, 0.3) is 0 Å². The fraction of sp³-hybridized carbons (Fsp3) is 0.600. The molecule has 0 saturated heterocycles. The Bertz CT molecular complexity index is 320. The maximum atomic E-state index is 11.3. The van der Waals surface area contributed by atoms with Crippen LogP contribution >= 0.6 is 0 Å². The van der Waals surface area contributed by atoms with Gasteiger partial charge in [0, 0.05) is 6.20 Å². The number of carbonyl (C=O) groups excluding carboxylic acids is 1. The lowest BCUT2D eigenvalue weighted by Crippen LogP contribution is -2.23. The number of rotatable bonds is 3. The Kier molecular flexibility index (Phi) is 3.28. The van der Waals surface area contributed by atoms with Gasteiger partial charge in [-0.25, -0.2) is 0 Å². The van der Waals surface area contributed by atoms with Gasteiger partial charge in [-0.15, -0.1) is 0 Å². The van der Waals surface area contributed by atoms with Crippen molar-refractivity contribution in [3.8, 4) is 0 Å². The number of aromatic nitrogens is 2. The van der Waals surface area contributed by atoms with Crippen molar-refractivity contribution in [2.75, 3.05) is 7.11 Å². The van der Waals surface area contributed by atoms with Gasteiger partial charge in [-0.05, 0) is 26.8 Å². The van der Waals surface area contributed by atoms with Gasteiger partial charge >= 0.3 is 5.97 Å². The summed E-state index contributed by atoms with van der Waals surface area (Å²) in [5.41, 5.74) is 0.953. The zero-order chi connectivity index (χ0) is 10.7. The van der Waals surface area contributed by atoms with Crippen LogP contribution in [0.4, 0.5) is 0 Å². The Balaban J connectivity index is 2.74. The van der Waals surface area contributed by atoms with Crippen molar-refractivity contribution in [3.05, 3.63) is 18.0 Å². The summed E-state index contributed by atoms with van der Waals surface area (Å²) in [7, 11) is 1.40. The second-order valence-corrected chi connectivity index (χ2v) is 3.49. The lowest BCUT2D eigenvalue weighted by atomic mass is 10.0. The van der Waals surface area contributed by atoms with Gasteiger partial charge in [0.25, 0.3) is 0 Å². The van der Waals surface area contributed by atoms with E-state index in [1.807, 2.05) is 33.0 Å². The third-order valence-electron chi connectivity index (χ3n) is 2.46. The van der Waals surface area contributed by atoms with Gasteiger partial charge in [-0.2, -0.15) is 5.10 Å². The fourth-order valence-corrected chi connectivity index (χ4v) is 1.27. The Morgan fingerprint density at radius 3 is 2.64 bits per heavy atom. The van der Waals surface area contributed by atoms with Crippen molar-refractivity contribution < 1.29 is 9.53 Å². The van der Waals surface area contributed by atoms with Crippen LogP contribution in [-0.4, -0.2) is 22.9 Å². The summed E-state index contributed by atoms with van der Waals surface area (Å²) >= 11 is 0. The maximum Gasteiger partial charge on any atom is 0.310 e. The molecule has 0 saturated carbocycles. The lowest BCUT2D eigenvalue weighted by Gasteiger charge is -2.17. The van der Waals surface area contributed by atoms with Crippen molar-refractivity contribution in [1.82, 2.24) is 9.78 Å². The molecule has 0 bridgehead atoms. The summed E-state index contributed by atoms with van der Waals surface area (Å²) < 4.78 is 6.47. The average molecular weight is 196 g/mol. The molecule has 14 heavy (non-hydrogen) atoms. The topological polar surface area (TPSA) is 44.1 Å². The summed E-state index contributed by atoms with van der Waals surface area (Å²) in [5, 5.41) is 4.26. The van der Waals surface area contributed by atoms with E-state index in [-0.39, 0.29) is 17.9 Å². The molecule has 2 atom stereocenters. The van der Waals surface area contributed by atoms with Crippen LogP contribution in [0.2, 0.25) is 0 Å². The summed E-state index contributed by atoms with van der Waals surface area (Å²) in [6.07, 6.45) is 1.87. The average Bonchev–Trinajstić information content (AvgIpc) is 2.61. The number of nitrogens with zero attached hydrogens (tertiary/aromatic N) is 2. The quantitative estimate of drug-likeness (QED) is 0.689. The van der Waals surface area contributed by atoms with Crippen LogP contribution in [0.3, 0.4) is 0 Å². The van der Waals surface area contributed by atoms with Crippen LogP contribution < -0.4 is 0 Å². The first kappa shape index (κ1) is 10.8. The monoisotopic (exact) mass is 196 g/mol. The Morgan fingerprint density at radius 1 is 1.57 bits per heavy atom. The van der Waals surface area contributed by atoms with E-state index in [4.69, 9.17) is 0 Å². The van der Waals surface area contributed by atoms with Crippen molar-refractivity contribution in [3.63, 3.8) is 0 Å². The molecular weight excluding hydrogens is 180 g/mol. The predicted octanol–water partition coefficient (Wildman–Crippen LogP) is 1.56. The van der Waals surface area contributed by atoms with Gasteiger partial charge in [0.05, 0.1) is 24.8 Å². The zero-order valence-corrected chi connectivity index (χ0v) is 9.02. The first-order valence-electron chi connectivity index (χ1n) is 4.66. The van der Waals surface area contributed by atoms with Gasteiger partial charge in [0.2, 0.25) is 0 Å². The third kappa shape index (κ3) is 2.13. The van der Waals surface area contributed by atoms with E-state index in [0.29, 0.717) is 0 Å². The molecule has 0 aliphatic carbocycles. The van der Waals surface area contributed by atoms with Crippen molar-refractivity contribution in [2.24, 2.45) is 5.92 Å². The molecule has 1 rings (SSSR count). The highest BCUT2D eigenvalue weighted by molar-refractivity contribution is 5.72. The van der Waals surface area contributed by atoms with Crippen LogP contribution in [0.1, 0.15) is 25.6 Å². The molecule has 1 aromatic heterocycles. The fourth-order valence-electron chi connectivity index (χ4n) is 1.27. The molecule has 1 aromatic rings. The predicted molar refractivity (Wildman–Crippen MR) is 52.9 cm³/mol. The molecule has 0 N–H and O–H groups in total. The maximum absolute atomic E-state index is 11.3. The summed E-state index contributed by atoms with van der Waals surface area (Å²) in [6, 6.07) is 1.94. The molecule has 0 radical (unpaired) electrons. The van der Waals surface area contributed by atoms with Crippen LogP contribution in [0.5, 0.6) is 0 Å². The molecule has 4 heteroatoms. The normalized spacial score (nSPS) is 14.9. The van der Waals surface area contributed by atoms with Gasteiger partial charge in [-0.1, -0.05) is 0 Å². The summed E-state index contributed by atoms with van der Waals surface area (Å²) in [5.74, 6) is -0.384. The number of esters is 1. The number of hydrogen-bond donors (Lipinski definition) is 0. The molecule has 0 spiro atoms. The number of hydrogen-bond acceptors (Lipinski definition) is 3. The van der Waals surface area contributed by atoms with Crippen molar-refractivity contribution in [1.29, 1.82) is 0 Å². The van der Waals surface area contributed by atoms with E-state index in [9.17, 15) is 4.79 Å². The van der Waals surface area contributed by atoms with Gasteiger partial charge in [0.15, 0.2) is 0 Å². The molecular formula is C10H16N2O2. The lowest BCUT2D eigenvalue weighted by molar-refractivity contribution is -0.146. The second kappa shape index (κ2) is 4.26.